The van der Waals surface area contributed by atoms with Crippen LogP contribution >= 0.6 is 23.2 Å². The third-order valence-corrected chi connectivity index (χ3v) is 2.40. The first kappa shape index (κ1) is 12.1. The van der Waals surface area contributed by atoms with Crippen LogP contribution in [0.25, 0.3) is 0 Å². The molecule has 1 unspecified atom stereocenters. The van der Waals surface area contributed by atoms with E-state index in [2.05, 4.69) is 0 Å². The van der Waals surface area contributed by atoms with Gasteiger partial charge in [0.05, 0.1) is 12.1 Å². The summed E-state index contributed by atoms with van der Waals surface area (Å²) in [5.41, 5.74) is 0.00789. The fourth-order valence-electron chi connectivity index (χ4n) is 1.06. The highest BCUT2D eigenvalue weighted by atomic mass is 35.5. The summed E-state index contributed by atoms with van der Waals surface area (Å²) < 4.78 is 4.88. The Balaban J connectivity index is 3.28. The molecule has 4 nitrogen and oxygen atoms in total. The van der Waals surface area contributed by atoms with Crippen LogP contribution in [0.4, 0.5) is 0 Å². The van der Waals surface area contributed by atoms with E-state index < -0.39 is 12.1 Å². The monoisotopic (exact) mass is 250 g/mol. The largest absolute Gasteiger partial charge is 0.495 e. The molecule has 0 spiro atoms. The third-order valence-electron chi connectivity index (χ3n) is 1.78. The van der Waals surface area contributed by atoms with E-state index in [0.717, 1.165) is 0 Å². The van der Waals surface area contributed by atoms with Crippen molar-refractivity contribution in [2.24, 2.45) is 0 Å². The normalized spacial score (nSPS) is 12.3. The predicted molar refractivity (Wildman–Crippen MR) is 55.6 cm³/mol. The lowest BCUT2D eigenvalue weighted by atomic mass is 10.1. The van der Waals surface area contributed by atoms with E-state index in [-0.39, 0.29) is 21.4 Å². The Morgan fingerprint density at radius 3 is 2.53 bits per heavy atom. The molecular formula is C9H8Cl2O4. The van der Waals surface area contributed by atoms with Gasteiger partial charge >= 0.3 is 5.97 Å². The molecule has 6 heteroatoms. The Bertz CT molecular complexity index is 392. The lowest BCUT2D eigenvalue weighted by molar-refractivity contribution is -0.146. The average molecular weight is 251 g/mol. The molecule has 1 atom stereocenters. The number of carbonyl (C=O) groups is 1. The van der Waals surface area contributed by atoms with Crippen LogP contribution < -0.4 is 4.74 Å². The van der Waals surface area contributed by atoms with Crippen molar-refractivity contribution in [3.8, 4) is 5.75 Å². The highest BCUT2D eigenvalue weighted by Crippen LogP contribution is 2.35. The highest BCUT2D eigenvalue weighted by molar-refractivity contribution is 6.35. The van der Waals surface area contributed by atoms with Crippen molar-refractivity contribution in [2.75, 3.05) is 7.11 Å². The van der Waals surface area contributed by atoms with E-state index in [9.17, 15) is 9.90 Å². The first-order chi connectivity index (χ1) is 6.97. The van der Waals surface area contributed by atoms with Gasteiger partial charge in [-0.05, 0) is 6.07 Å². The van der Waals surface area contributed by atoms with Crippen LogP contribution in [0.3, 0.4) is 0 Å². The molecule has 82 valence electrons. The summed E-state index contributed by atoms with van der Waals surface area (Å²) in [6, 6.07) is 2.72. The zero-order chi connectivity index (χ0) is 11.6. The summed E-state index contributed by atoms with van der Waals surface area (Å²) in [5.74, 6) is -1.18. The lowest BCUT2D eigenvalue weighted by Crippen LogP contribution is -2.11. The molecule has 0 amide bonds. The maximum Gasteiger partial charge on any atom is 0.337 e. The van der Waals surface area contributed by atoms with Gasteiger partial charge in [-0.1, -0.05) is 23.2 Å². The van der Waals surface area contributed by atoms with Gasteiger partial charge in [0.2, 0.25) is 0 Å². The van der Waals surface area contributed by atoms with Crippen molar-refractivity contribution in [2.45, 2.75) is 6.10 Å². The molecule has 0 aliphatic heterocycles. The second-order valence-electron chi connectivity index (χ2n) is 2.75. The highest BCUT2D eigenvalue weighted by Gasteiger charge is 2.22. The molecule has 1 rings (SSSR count). The number of hydrogen-bond donors (Lipinski definition) is 2. The van der Waals surface area contributed by atoms with Gasteiger partial charge in [-0.2, -0.15) is 0 Å². The summed E-state index contributed by atoms with van der Waals surface area (Å²) in [7, 11) is 1.37. The molecular weight excluding hydrogens is 243 g/mol. The summed E-state index contributed by atoms with van der Waals surface area (Å²) in [4.78, 5) is 10.6. The summed E-state index contributed by atoms with van der Waals surface area (Å²) in [5, 5.41) is 18.2. The topological polar surface area (TPSA) is 66.8 Å². The van der Waals surface area contributed by atoms with E-state index in [0.29, 0.717) is 0 Å². The minimum atomic E-state index is -1.72. The SMILES string of the molecule is COc1cc(Cl)cc(C(O)C(=O)O)c1Cl. The van der Waals surface area contributed by atoms with Crippen molar-refractivity contribution in [3.05, 3.63) is 27.7 Å². The number of methoxy groups -OCH3 is 1. The molecule has 0 aliphatic rings. The number of carboxylic acids is 1. The van der Waals surface area contributed by atoms with Crippen LogP contribution in [-0.4, -0.2) is 23.3 Å². The molecule has 0 bridgehead atoms. The zero-order valence-corrected chi connectivity index (χ0v) is 9.21. The second kappa shape index (κ2) is 4.70. The molecule has 0 aliphatic carbocycles. The number of hydrogen-bond acceptors (Lipinski definition) is 3. The average Bonchev–Trinajstić information content (AvgIpc) is 2.19. The van der Waals surface area contributed by atoms with E-state index in [1.807, 2.05) is 0 Å². The van der Waals surface area contributed by atoms with Gasteiger partial charge in [0.1, 0.15) is 5.75 Å². The summed E-state index contributed by atoms with van der Waals surface area (Å²) in [6.07, 6.45) is -1.72. The second-order valence-corrected chi connectivity index (χ2v) is 3.57. The van der Waals surface area contributed by atoms with Gasteiger partial charge in [0, 0.05) is 16.7 Å². The van der Waals surface area contributed by atoms with Gasteiger partial charge < -0.3 is 14.9 Å². The minimum Gasteiger partial charge on any atom is -0.495 e. The Morgan fingerprint density at radius 2 is 2.07 bits per heavy atom. The number of aliphatic carboxylic acids is 1. The fourth-order valence-corrected chi connectivity index (χ4v) is 1.57. The van der Waals surface area contributed by atoms with E-state index >= 15 is 0 Å². The van der Waals surface area contributed by atoms with Gasteiger partial charge in [-0.15, -0.1) is 0 Å². The molecule has 1 aromatic rings. The van der Waals surface area contributed by atoms with E-state index in [1.165, 1.54) is 19.2 Å². The molecule has 0 fully saturated rings. The van der Waals surface area contributed by atoms with Crippen LogP contribution in [0.1, 0.15) is 11.7 Å². The first-order valence-corrected chi connectivity index (χ1v) is 4.66. The van der Waals surface area contributed by atoms with Gasteiger partial charge in [0.25, 0.3) is 0 Å². The number of ether oxygens (including phenoxy) is 1. The summed E-state index contributed by atoms with van der Waals surface area (Å²) in [6.45, 7) is 0. The Hall–Kier alpha value is -0.970. The number of carboxylic acid groups (broad SMARTS) is 1. The van der Waals surface area contributed by atoms with Crippen LogP contribution in [-0.2, 0) is 4.79 Å². The smallest absolute Gasteiger partial charge is 0.337 e. The standard InChI is InChI=1S/C9H8Cl2O4/c1-15-6-3-4(10)2-5(7(6)11)8(12)9(13)14/h2-3,8,12H,1H3,(H,13,14). The molecule has 2 N–H and O–H groups in total. The number of aliphatic hydroxyl groups excluding tert-OH is 1. The van der Waals surface area contributed by atoms with Crippen molar-refractivity contribution >= 4 is 29.2 Å². The summed E-state index contributed by atoms with van der Waals surface area (Å²) >= 11 is 11.5. The number of aliphatic hydroxyl groups is 1. The third kappa shape index (κ3) is 2.53. The van der Waals surface area contributed by atoms with Gasteiger partial charge in [-0.25, -0.2) is 4.79 Å². The van der Waals surface area contributed by atoms with Crippen LogP contribution in [0.2, 0.25) is 10.0 Å². The number of rotatable bonds is 3. The van der Waals surface area contributed by atoms with Gasteiger partial charge in [-0.3, -0.25) is 0 Å². The molecule has 0 aromatic heterocycles. The minimum absolute atomic E-state index is 0.00789. The van der Waals surface area contributed by atoms with Crippen molar-refractivity contribution in [3.63, 3.8) is 0 Å². The van der Waals surface area contributed by atoms with E-state index in [4.69, 9.17) is 33.0 Å². The maximum absolute atomic E-state index is 10.6. The molecule has 1 aromatic carbocycles. The first-order valence-electron chi connectivity index (χ1n) is 3.91. The molecule has 0 saturated heterocycles. The Kier molecular flexibility index (Phi) is 3.79. The maximum atomic E-state index is 10.6. The van der Waals surface area contributed by atoms with Crippen LogP contribution in [0.5, 0.6) is 5.75 Å². The lowest BCUT2D eigenvalue weighted by Gasteiger charge is -2.11. The number of halogens is 2. The predicted octanol–water partition coefficient (Wildman–Crippen LogP) is 2.12. The quantitative estimate of drug-likeness (QED) is 0.863. The molecule has 0 heterocycles. The molecule has 0 radical (unpaired) electrons. The van der Waals surface area contributed by atoms with Crippen LogP contribution in [0.15, 0.2) is 12.1 Å². The van der Waals surface area contributed by atoms with Crippen molar-refractivity contribution < 1.29 is 19.7 Å². The Morgan fingerprint density at radius 1 is 1.47 bits per heavy atom. The van der Waals surface area contributed by atoms with Crippen molar-refractivity contribution in [1.82, 2.24) is 0 Å². The molecule has 0 saturated carbocycles. The zero-order valence-electron chi connectivity index (χ0n) is 7.70. The number of benzene rings is 1. The Labute approximate surface area is 96.0 Å². The van der Waals surface area contributed by atoms with Crippen molar-refractivity contribution in [1.29, 1.82) is 0 Å². The molecule has 15 heavy (non-hydrogen) atoms. The van der Waals surface area contributed by atoms with Gasteiger partial charge in [0.15, 0.2) is 6.10 Å². The van der Waals surface area contributed by atoms with E-state index in [1.54, 1.807) is 0 Å². The van der Waals surface area contributed by atoms with Crippen LogP contribution in [0, 0.1) is 0 Å². The fraction of sp³-hybridized carbons (Fsp3) is 0.222.